The molecule has 1 aromatic rings. The summed E-state index contributed by atoms with van der Waals surface area (Å²) in [5, 5.41) is 5.83. The van der Waals surface area contributed by atoms with Gasteiger partial charge in [0.15, 0.2) is 5.78 Å². The monoisotopic (exact) mass is 302 g/mol. The molecule has 0 radical (unpaired) electrons. The number of anilines is 1. The standard InChI is InChI=1S/C13H16Cl2N2O2/c1-13(2,3)11(18)7-16-12(19)17-8-4-5-9(14)10(15)6-8/h4-6H,7H2,1-3H3,(H2,16,17,19). The lowest BCUT2D eigenvalue weighted by Gasteiger charge is -2.16. The van der Waals surface area contributed by atoms with Gasteiger partial charge in [-0.05, 0) is 18.2 Å². The van der Waals surface area contributed by atoms with Gasteiger partial charge in [0.1, 0.15) is 0 Å². The number of benzene rings is 1. The van der Waals surface area contributed by atoms with Crippen LogP contribution in [-0.2, 0) is 4.79 Å². The van der Waals surface area contributed by atoms with E-state index in [1.807, 2.05) is 0 Å². The highest BCUT2D eigenvalue weighted by molar-refractivity contribution is 6.42. The summed E-state index contributed by atoms with van der Waals surface area (Å²) >= 11 is 11.6. The first-order valence-electron chi connectivity index (χ1n) is 5.73. The van der Waals surface area contributed by atoms with E-state index >= 15 is 0 Å². The van der Waals surface area contributed by atoms with Crippen LogP contribution in [0.4, 0.5) is 10.5 Å². The Morgan fingerprint density at radius 1 is 1.16 bits per heavy atom. The molecule has 1 aromatic carbocycles. The fourth-order valence-electron chi connectivity index (χ4n) is 1.17. The van der Waals surface area contributed by atoms with Gasteiger partial charge in [-0.25, -0.2) is 4.79 Å². The van der Waals surface area contributed by atoms with Crippen LogP contribution in [0.1, 0.15) is 20.8 Å². The number of hydrogen-bond acceptors (Lipinski definition) is 2. The Bertz CT molecular complexity index is 496. The van der Waals surface area contributed by atoms with Crippen molar-refractivity contribution in [2.45, 2.75) is 20.8 Å². The van der Waals surface area contributed by atoms with Crippen LogP contribution in [0.15, 0.2) is 18.2 Å². The fourth-order valence-corrected chi connectivity index (χ4v) is 1.47. The summed E-state index contributed by atoms with van der Waals surface area (Å²) in [4.78, 5) is 23.2. The first-order chi connectivity index (χ1) is 8.70. The normalized spacial score (nSPS) is 11.0. The van der Waals surface area contributed by atoms with E-state index in [1.54, 1.807) is 32.9 Å². The molecule has 0 aliphatic heterocycles. The van der Waals surface area contributed by atoms with E-state index < -0.39 is 11.4 Å². The van der Waals surface area contributed by atoms with Gasteiger partial charge in [0.2, 0.25) is 0 Å². The number of rotatable bonds is 3. The highest BCUT2D eigenvalue weighted by atomic mass is 35.5. The molecule has 0 heterocycles. The van der Waals surface area contributed by atoms with Crippen molar-refractivity contribution in [1.82, 2.24) is 5.32 Å². The van der Waals surface area contributed by atoms with Crippen LogP contribution < -0.4 is 10.6 Å². The molecule has 0 aliphatic carbocycles. The number of ketones is 1. The predicted octanol–water partition coefficient (Wildman–Crippen LogP) is 3.73. The molecule has 6 heteroatoms. The van der Waals surface area contributed by atoms with Crippen molar-refractivity contribution in [1.29, 1.82) is 0 Å². The van der Waals surface area contributed by atoms with Gasteiger partial charge in [-0.15, -0.1) is 0 Å². The van der Waals surface area contributed by atoms with Gasteiger partial charge in [0.05, 0.1) is 16.6 Å². The Balaban J connectivity index is 2.52. The van der Waals surface area contributed by atoms with Gasteiger partial charge < -0.3 is 10.6 Å². The molecule has 104 valence electrons. The lowest BCUT2D eigenvalue weighted by atomic mass is 9.91. The molecule has 4 nitrogen and oxygen atoms in total. The maximum absolute atomic E-state index is 11.6. The van der Waals surface area contributed by atoms with E-state index in [9.17, 15) is 9.59 Å². The zero-order valence-electron chi connectivity index (χ0n) is 11.0. The molecule has 0 aliphatic rings. The Morgan fingerprint density at radius 2 is 1.79 bits per heavy atom. The SMILES string of the molecule is CC(C)(C)C(=O)CNC(=O)Nc1ccc(Cl)c(Cl)c1. The number of carbonyl (C=O) groups is 2. The summed E-state index contributed by atoms with van der Waals surface area (Å²) in [5.41, 5.74) is 0.0340. The predicted molar refractivity (Wildman–Crippen MR) is 77.9 cm³/mol. The average Bonchev–Trinajstić information content (AvgIpc) is 2.29. The number of Topliss-reactive ketones (excluding diaryl/α,β-unsaturated/α-hetero) is 1. The smallest absolute Gasteiger partial charge is 0.319 e. The molecule has 2 amide bonds. The molecule has 0 unspecified atom stereocenters. The molecule has 19 heavy (non-hydrogen) atoms. The van der Waals surface area contributed by atoms with Crippen LogP contribution in [0.2, 0.25) is 10.0 Å². The number of nitrogens with one attached hydrogen (secondary N) is 2. The lowest BCUT2D eigenvalue weighted by molar-refractivity contribution is -0.125. The molecule has 0 atom stereocenters. The second-order valence-corrected chi connectivity index (χ2v) is 5.92. The average molecular weight is 303 g/mol. The summed E-state index contributed by atoms with van der Waals surface area (Å²) < 4.78 is 0. The molecule has 0 spiro atoms. The van der Waals surface area contributed by atoms with Crippen molar-refractivity contribution in [3.8, 4) is 0 Å². The maximum atomic E-state index is 11.6. The van der Waals surface area contributed by atoms with Gasteiger partial charge in [-0.1, -0.05) is 44.0 Å². The van der Waals surface area contributed by atoms with Crippen LogP contribution in [0.5, 0.6) is 0 Å². The fraction of sp³-hybridized carbons (Fsp3) is 0.385. The van der Waals surface area contributed by atoms with Crippen molar-refractivity contribution < 1.29 is 9.59 Å². The summed E-state index contributed by atoms with van der Waals surface area (Å²) in [6.45, 7) is 5.38. The zero-order chi connectivity index (χ0) is 14.6. The Morgan fingerprint density at radius 3 is 2.32 bits per heavy atom. The van der Waals surface area contributed by atoms with Crippen molar-refractivity contribution in [3.63, 3.8) is 0 Å². The van der Waals surface area contributed by atoms with Gasteiger partial charge in [0.25, 0.3) is 0 Å². The largest absolute Gasteiger partial charge is 0.331 e. The molecular weight excluding hydrogens is 287 g/mol. The molecule has 2 N–H and O–H groups in total. The number of hydrogen-bond donors (Lipinski definition) is 2. The highest BCUT2D eigenvalue weighted by Gasteiger charge is 2.21. The van der Waals surface area contributed by atoms with Crippen LogP contribution in [0, 0.1) is 5.41 Å². The Labute approximate surface area is 122 Å². The van der Waals surface area contributed by atoms with E-state index in [4.69, 9.17) is 23.2 Å². The van der Waals surface area contributed by atoms with Crippen LogP contribution in [0.3, 0.4) is 0 Å². The molecule has 1 rings (SSSR count). The van der Waals surface area contributed by atoms with E-state index in [0.29, 0.717) is 15.7 Å². The second-order valence-electron chi connectivity index (χ2n) is 5.11. The van der Waals surface area contributed by atoms with Gasteiger partial charge in [-0.2, -0.15) is 0 Å². The van der Waals surface area contributed by atoms with Gasteiger partial charge in [0, 0.05) is 11.1 Å². The van der Waals surface area contributed by atoms with E-state index in [0.717, 1.165) is 0 Å². The topological polar surface area (TPSA) is 58.2 Å². The minimum absolute atomic E-state index is 0.0172. The second kappa shape index (κ2) is 6.26. The number of halogens is 2. The number of carbonyl (C=O) groups excluding carboxylic acids is 2. The van der Waals surface area contributed by atoms with Crippen molar-refractivity contribution >= 4 is 40.7 Å². The molecule has 0 saturated carbocycles. The number of amides is 2. The highest BCUT2D eigenvalue weighted by Crippen LogP contribution is 2.24. The molecule has 0 bridgehead atoms. The minimum Gasteiger partial charge on any atom is -0.331 e. The quantitative estimate of drug-likeness (QED) is 0.894. The third-order valence-corrected chi connectivity index (χ3v) is 3.16. The van der Waals surface area contributed by atoms with Crippen molar-refractivity contribution in [2.24, 2.45) is 5.41 Å². The maximum Gasteiger partial charge on any atom is 0.319 e. The number of urea groups is 1. The third-order valence-electron chi connectivity index (χ3n) is 2.42. The summed E-state index contributed by atoms with van der Waals surface area (Å²) in [6.07, 6.45) is 0. The van der Waals surface area contributed by atoms with E-state index in [-0.39, 0.29) is 12.3 Å². The zero-order valence-corrected chi connectivity index (χ0v) is 12.5. The summed E-state index contributed by atoms with van der Waals surface area (Å²) in [7, 11) is 0. The van der Waals surface area contributed by atoms with Crippen LogP contribution in [0.25, 0.3) is 0 Å². The lowest BCUT2D eigenvalue weighted by Crippen LogP contribution is -2.37. The first kappa shape index (κ1) is 15.8. The summed E-state index contributed by atoms with van der Waals surface area (Å²) in [5.74, 6) is -0.0446. The van der Waals surface area contributed by atoms with Gasteiger partial charge >= 0.3 is 6.03 Å². The summed E-state index contributed by atoms with van der Waals surface area (Å²) in [6, 6.07) is 4.28. The molecule has 0 fully saturated rings. The minimum atomic E-state index is -0.475. The van der Waals surface area contributed by atoms with Crippen LogP contribution in [-0.4, -0.2) is 18.4 Å². The first-order valence-corrected chi connectivity index (χ1v) is 6.49. The van der Waals surface area contributed by atoms with Crippen molar-refractivity contribution in [2.75, 3.05) is 11.9 Å². The third kappa shape index (κ3) is 5.09. The van der Waals surface area contributed by atoms with E-state index in [2.05, 4.69) is 10.6 Å². The van der Waals surface area contributed by atoms with Gasteiger partial charge in [-0.3, -0.25) is 4.79 Å². The molecule has 0 saturated heterocycles. The van der Waals surface area contributed by atoms with E-state index in [1.165, 1.54) is 6.07 Å². The Hall–Kier alpha value is -1.26. The Kier molecular flexibility index (Phi) is 5.20. The molecule has 0 aromatic heterocycles. The van der Waals surface area contributed by atoms with Crippen LogP contribution >= 0.6 is 23.2 Å². The molecular formula is C13H16Cl2N2O2. The van der Waals surface area contributed by atoms with Crippen molar-refractivity contribution in [3.05, 3.63) is 28.2 Å².